The molecule has 0 spiro atoms. The van der Waals surface area contributed by atoms with Gasteiger partial charge in [0, 0.05) is 33.1 Å². The number of furan rings is 1. The number of nitrogens with zero attached hydrogens (tertiary/aromatic N) is 1. The van der Waals surface area contributed by atoms with E-state index in [4.69, 9.17) is 9.41 Å². The molecule has 8 aromatic rings. The summed E-state index contributed by atoms with van der Waals surface area (Å²) >= 11 is 0. The first-order valence-corrected chi connectivity index (χ1v) is 22.6. The summed E-state index contributed by atoms with van der Waals surface area (Å²) in [5.74, 6) is 0.964. The Morgan fingerprint density at radius 1 is 0.641 bits per heavy atom. The summed E-state index contributed by atoms with van der Waals surface area (Å²) in [4.78, 5) is 5.49. The highest BCUT2D eigenvalue weighted by Gasteiger charge is 2.34. The number of aliphatic imine (C=N–C) groups is 1. The zero-order valence-corrected chi connectivity index (χ0v) is 37.4. The maximum atomic E-state index is 6.93. The third-order valence-electron chi connectivity index (χ3n) is 13.4. The fraction of sp³-hybridized carbons (Fsp3) is 0.145. The zero-order valence-electron chi connectivity index (χ0n) is 37.4. The normalized spacial score (nSPS) is 16.5. The SMILES string of the molecule is C/C(=N\C(=C/C(C)(C)c1ccc(-c2ccccc2)cc1)c1ccc(-c2ccccc2)cc1)C1=CCC(C)(c2cccc3c2-c2oc4ccccc4c2C(c2ccccc2C)=CC3)C=C1. The van der Waals surface area contributed by atoms with Crippen molar-refractivity contribution in [2.24, 2.45) is 4.99 Å². The molecule has 2 heteroatoms. The first-order chi connectivity index (χ1) is 31.1. The van der Waals surface area contributed by atoms with Crippen LogP contribution in [0.3, 0.4) is 0 Å². The van der Waals surface area contributed by atoms with Gasteiger partial charge in [0.2, 0.25) is 0 Å². The van der Waals surface area contributed by atoms with Crippen LogP contribution in [0, 0.1) is 6.92 Å². The van der Waals surface area contributed by atoms with E-state index in [1.165, 1.54) is 66.8 Å². The van der Waals surface area contributed by atoms with E-state index in [2.05, 4.69) is 241 Å². The number of para-hydroxylation sites is 1. The fourth-order valence-electron chi connectivity index (χ4n) is 9.67. The summed E-state index contributed by atoms with van der Waals surface area (Å²) in [5.41, 5.74) is 19.3. The standard InChI is InChI=1S/C62H53NO/c1-42-17-12-13-23-52(42)53-36-33-50-22-16-25-55(58(50)60-59(53)54-24-14-15-26-57(54)64-60)62(5)39-37-44(38-40-62)43(2)63-56(49-29-27-47(28-30-49)45-18-8-6-9-19-45)41-61(3,4)51-34-31-48(32-35-51)46-20-10-7-11-21-46/h6-32,34-39,41H,33,40H2,1-5H3/b56-41-,63-43+. The molecule has 312 valence electrons. The van der Waals surface area contributed by atoms with Gasteiger partial charge in [-0.1, -0.05) is 215 Å². The molecule has 0 fully saturated rings. The summed E-state index contributed by atoms with van der Waals surface area (Å²) in [6.45, 7) is 11.3. The molecule has 0 N–H and O–H groups in total. The molecule has 2 nitrogen and oxygen atoms in total. The largest absolute Gasteiger partial charge is 0.455 e. The second-order valence-corrected chi connectivity index (χ2v) is 18.2. The topological polar surface area (TPSA) is 25.5 Å². The van der Waals surface area contributed by atoms with Crippen LogP contribution in [0.5, 0.6) is 0 Å². The minimum Gasteiger partial charge on any atom is -0.455 e. The Kier molecular flexibility index (Phi) is 10.7. The lowest BCUT2D eigenvalue weighted by Crippen LogP contribution is -2.23. The zero-order chi connectivity index (χ0) is 43.8. The summed E-state index contributed by atoms with van der Waals surface area (Å²) in [6.07, 6.45) is 13.5. The van der Waals surface area contributed by atoms with Crippen molar-refractivity contribution in [3.8, 4) is 33.6 Å². The van der Waals surface area contributed by atoms with E-state index < -0.39 is 0 Å². The highest BCUT2D eigenvalue weighted by molar-refractivity contribution is 6.05. The van der Waals surface area contributed by atoms with Gasteiger partial charge in [-0.2, -0.15) is 0 Å². The van der Waals surface area contributed by atoms with Crippen molar-refractivity contribution >= 4 is 28.0 Å². The second-order valence-electron chi connectivity index (χ2n) is 18.2. The molecule has 0 amide bonds. The highest BCUT2D eigenvalue weighted by atomic mass is 16.3. The summed E-state index contributed by atoms with van der Waals surface area (Å²) < 4.78 is 6.93. The molecular formula is C62H53NO. The quantitative estimate of drug-likeness (QED) is 0.133. The number of rotatable bonds is 9. The van der Waals surface area contributed by atoms with Crippen molar-refractivity contribution < 1.29 is 4.42 Å². The third kappa shape index (κ3) is 7.75. The van der Waals surface area contributed by atoms with E-state index in [1.54, 1.807) is 0 Å². The summed E-state index contributed by atoms with van der Waals surface area (Å²) in [6, 6.07) is 63.0. The maximum absolute atomic E-state index is 6.93. The van der Waals surface area contributed by atoms with Crippen molar-refractivity contribution in [1.82, 2.24) is 0 Å². The monoisotopic (exact) mass is 827 g/mol. The number of benzene rings is 7. The molecule has 0 bridgehead atoms. The van der Waals surface area contributed by atoms with Gasteiger partial charge < -0.3 is 4.42 Å². The van der Waals surface area contributed by atoms with Crippen LogP contribution in [0.2, 0.25) is 0 Å². The minimum atomic E-state index is -0.295. The van der Waals surface area contributed by atoms with Crippen molar-refractivity contribution in [3.63, 3.8) is 0 Å². The van der Waals surface area contributed by atoms with Crippen LogP contribution >= 0.6 is 0 Å². The molecule has 0 saturated heterocycles. The van der Waals surface area contributed by atoms with Crippen molar-refractivity contribution in [2.45, 2.75) is 58.3 Å². The predicted molar refractivity (Wildman–Crippen MR) is 271 cm³/mol. The fourth-order valence-corrected chi connectivity index (χ4v) is 9.67. The van der Waals surface area contributed by atoms with Gasteiger partial charge in [0.15, 0.2) is 0 Å². The van der Waals surface area contributed by atoms with Crippen molar-refractivity contribution in [3.05, 3.63) is 251 Å². The Balaban J connectivity index is 1.00. The second kappa shape index (κ2) is 16.8. The average Bonchev–Trinajstić information content (AvgIpc) is 3.63. The van der Waals surface area contributed by atoms with Gasteiger partial charge in [0.1, 0.15) is 11.3 Å². The molecule has 1 heterocycles. The molecule has 7 aromatic carbocycles. The van der Waals surface area contributed by atoms with Crippen LogP contribution < -0.4 is 0 Å². The molecule has 1 aromatic heterocycles. The Hall–Kier alpha value is -7.29. The van der Waals surface area contributed by atoms with E-state index in [0.717, 1.165) is 52.1 Å². The first kappa shape index (κ1) is 40.8. The van der Waals surface area contributed by atoms with E-state index >= 15 is 0 Å². The van der Waals surface area contributed by atoms with Crippen LogP contribution in [0.15, 0.2) is 221 Å². The van der Waals surface area contributed by atoms with Gasteiger partial charge in [-0.25, -0.2) is 0 Å². The number of fused-ring (bicyclic) bond motifs is 5. The Labute approximate surface area is 378 Å². The van der Waals surface area contributed by atoms with E-state index in [1.807, 2.05) is 0 Å². The summed E-state index contributed by atoms with van der Waals surface area (Å²) in [5, 5.41) is 1.15. The number of hydrogen-bond acceptors (Lipinski definition) is 2. The van der Waals surface area contributed by atoms with Crippen LogP contribution in [-0.2, 0) is 17.3 Å². The molecule has 10 rings (SSSR count). The molecule has 1 atom stereocenters. The average molecular weight is 828 g/mol. The Morgan fingerprint density at radius 3 is 1.94 bits per heavy atom. The lowest BCUT2D eigenvalue weighted by molar-refractivity contribution is 0.588. The van der Waals surface area contributed by atoms with E-state index in [-0.39, 0.29) is 10.8 Å². The molecule has 2 aliphatic rings. The molecular weight excluding hydrogens is 775 g/mol. The lowest BCUT2D eigenvalue weighted by Gasteiger charge is -2.31. The van der Waals surface area contributed by atoms with Crippen molar-refractivity contribution in [2.75, 3.05) is 0 Å². The number of allylic oxidation sites excluding steroid dienone is 6. The van der Waals surface area contributed by atoms with Crippen LogP contribution in [0.4, 0.5) is 0 Å². The smallest absolute Gasteiger partial charge is 0.143 e. The van der Waals surface area contributed by atoms with Gasteiger partial charge in [0.05, 0.1) is 5.70 Å². The van der Waals surface area contributed by atoms with Crippen LogP contribution in [0.1, 0.15) is 73.1 Å². The highest BCUT2D eigenvalue weighted by Crippen LogP contribution is 2.49. The minimum absolute atomic E-state index is 0.265. The van der Waals surface area contributed by atoms with Gasteiger partial charge in [-0.15, -0.1) is 0 Å². The maximum Gasteiger partial charge on any atom is 0.143 e. The molecule has 0 radical (unpaired) electrons. The number of aryl methyl sites for hydroxylation is 1. The molecule has 1 unspecified atom stereocenters. The molecule has 2 aliphatic carbocycles. The van der Waals surface area contributed by atoms with E-state index in [0.29, 0.717) is 0 Å². The Morgan fingerprint density at radius 2 is 1.27 bits per heavy atom. The van der Waals surface area contributed by atoms with Gasteiger partial charge in [0.25, 0.3) is 0 Å². The summed E-state index contributed by atoms with van der Waals surface area (Å²) in [7, 11) is 0. The van der Waals surface area contributed by atoms with Crippen LogP contribution in [0.25, 0.3) is 55.8 Å². The van der Waals surface area contributed by atoms with Gasteiger partial charge in [-0.3, -0.25) is 4.99 Å². The molecule has 0 aliphatic heterocycles. The Bertz CT molecular complexity index is 3170. The predicted octanol–water partition coefficient (Wildman–Crippen LogP) is 16.4. The lowest BCUT2D eigenvalue weighted by atomic mass is 9.72. The third-order valence-corrected chi connectivity index (χ3v) is 13.4. The van der Waals surface area contributed by atoms with Crippen LogP contribution in [-0.4, -0.2) is 5.71 Å². The number of hydrogen-bond donors (Lipinski definition) is 0. The van der Waals surface area contributed by atoms with Gasteiger partial charge in [-0.05, 0) is 106 Å². The first-order valence-electron chi connectivity index (χ1n) is 22.6. The van der Waals surface area contributed by atoms with E-state index in [9.17, 15) is 0 Å². The molecule has 64 heavy (non-hydrogen) atoms. The van der Waals surface area contributed by atoms with Gasteiger partial charge >= 0.3 is 0 Å². The van der Waals surface area contributed by atoms with Crippen molar-refractivity contribution in [1.29, 1.82) is 0 Å². The molecule has 0 saturated carbocycles.